The molecule has 0 spiro atoms. The topological polar surface area (TPSA) is 55.5 Å². The lowest BCUT2D eigenvalue weighted by Gasteiger charge is -2.23. The number of thiophene rings is 1. The Hall–Kier alpha value is -3.71. The lowest BCUT2D eigenvalue weighted by molar-refractivity contribution is 0.306. The molecular formula is C22H17N5OS. The largest absolute Gasteiger partial charge is 0.489 e. The summed E-state index contributed by atoms with van der Waals surface area (Å²) in [5.41, 5.74) is 2.92. The van der Waals surface area contributed by atoms with E-state index in [0.29, 0.717) is 6.61 Å². The Kier molecular flexibility index (Phi) is 4.63. The molecule has 5 rings (SSSR count). The molecule has 29 heavy (non-hydrogen) atoms. The third kappa shape index (κ3) is 3.55. The molecule has 3 aromatic heterocycles. The number of nitrogens with zero attached hydrogens (tertiary/aromatic N) is 5. The Morgan fingerprint density at radius 2 is 1.93 bits per heavy atom. The van der Waals surface area contributed by atoms with Gasteiger partial charge in [-0.25, -0.2) is 14.5 Å². The minimum absolute atomic E-state index is 0.518. The zero-order chi connectivity index (χ0) is 19.5. The van der Waals surface area contributed by atoms with Crippen LogP contribution in [-0.2, 0) is 6.61 Å². The molecule has 0 aliphatic heterocycles. The number of hydrogen-bond acceptors (Lipinski definition) is 6. The summed E-state index contributed by atoms with van der Waals surface area (Å²) in [6.45, 7) is 0.518. The lowest BCUT2D eigenvalue weighted by atomic mass is 10.2. The van der Waals surface area contributed by atoms with Crippen LogP contribution < -0.4 is 9.64 Å². The molecule has 0 radical (unpaired) electrons. The van der Waals surface area contributed by atoms with Gasteiger partial charge in [0, 0.05) is 6.07 Å². The quantitative estimate of drug-likeness (QED) is 0.391. The van der Waals surface area contributed by atoms with Crippen LogP contribution in [0.15, 0.2) is 91.0 Å². The van der Waals surface area contributed by atoms with E-state index in [1.807, 2.05) is 53.9 Å². The van der Waals surface area contributed by atoms with Gasteiger partial charge in [0.25, 0.3) is 0 Å². The first kappa shape index (κ1) is 17.4. The molecule has 3 heterocycles. The highest BCUT2D eigenvalue weighted by Gasteiger charge is 2.19. The molecule has 0 saturated carbocycles. The summed E-state index contributed by atoms with van der Waals surface area (Å²) < 4.78 is 7.76. The summed E-state index contributed by atoms with van der Waals surface area (Å²) in [4.78, 5) is 10.9. The van der Waals surface area contributed by atoms with Crippen molar-refractivity contribution in [1.82, 2.24) is 19.6 Å². The van der Waals surface area contributed by atoms with E-state index in [1.54, 1.807) is 34.7 Å². The minimum atomic E-state index is 0.518. The smallest absolute Gasteiger partial charge is 0.167 e. The summed E-state index contributed by atoms with van der Waals surface area (Å²) >= 11 is 1.64. The van der Waals surface area contributed by atoms with E-state index < -0.39 is 0 Å². The van der Waals surface area contributed by atoms with E-state index in [4.69, 9.17) is 4.74 Å². The molecule has 0 fully saturated rings. The third-order valence-corrected chi connectivity index (χ3v) is 5.32. The second kappa shape index (κ2) is 7.73. The second-order valence-electron chi connectivity index (χ2n) is 6.37. The number of ether oxygens (including phenoxy) is 1. The van der Waals surface area contributed by atoms with E-state index in [9.17, 15) is 0 Å². The number of rotatable bonds is 6. The number of fused-ring (bicyclic) bond motifs is 1. The molecule has 0 N–H and O–H groups in total. The fourth-order valence-corrected chi connectivity index (χ4v) is 3.87. The van der Waals surface area contributed by atoms with E-state index in [0.717, 1.165) is 33.3 Å². The zero-order valence-electron chi connectivity index (χ0n) is 15.4. The Labute approximate surface area is 171 Å². The summed E-state index contributed by atoms with van der Waals surface area (Å²) in [5, 5.41) is 7.33. The Bertz CT molecular complexity index is 1220. The first-order valence-corrected chi connectivity index (χ1v) is 10.0. The lowest BCUT2D eigenvalue weighted by Crippen LogP contribution is -2.12. The maximum atomic E-state index is 6.04. The third-order valence-electron chi connectivity index (χ3n) is 4.47. The van der Waals surface area contributed by atoms with Crippen LogP contribution in [0.1, 0.15) is 5.56 Å². The molecule has 6 nitrogen and oxygen atoms in total. The molecule has 0 aliphatic rings. The molecule has 0 amide bonds. The van der Waals surface area contributed by atoms with Crippen molar-refractivity contribution < 1.29 is 4.74 Å². The highest BCUT2D eigenvalue weighted by molar-refractivity contribution is 7.14. The van der Waals surface area contributed by atoms with Crippen molar-refractivity contribution in [2.45, 2.75) is 6.61 Å². The maximum absolute atomic E-state index is 6.04. The van der Waals surface area contributed by atoms with Crippen LogP contribution in [0.4, 0.5) is 16.5 Å². The van der Waals surface area contributed by atoms with Crippen LogP contribution in [0.3, 0.4) is 0 Å². The van der Waals surface area contributed by atoms with E-state index in [1.165, 1.54) is 0 Å². The maximum Gasteiger partial charge on any atom is 0.167 e. The van der Waals surface area contributed by atoms with Crippen molar-refractivity contribution in [3.63, 3.8) is 0 Å². The van der Waals surface area contributed by atoms with Gasteiger partial charge in [0.15, 0.2) is 5.82 Å². The number of aromatic nitrogens is 4. The summed E-state index contributed by atoms with van der Waals surface area (Å²) in [6, 6.07) is 22.3. The summed E-state index contributed by atoms with van der Waals surface area (Å²) in [5.74, 6) is 1.56. The highest BCUT2D eigenvalue weighted by atomic mass is 32.1. The number of benzene rings is 2. The Morgan fingerprint density at radius 1 is 1.00 bits per heavy atom. The van der Waals surface area contributed by atoms with Crippen molar-refractivity contribution >= 4 is 33.4 Å². The van der Waals surface area contributed by atoms with E-state index in [2.05, 4.69) is 38.2 Å². The standard InChI is InChI=1S/C22H17N5OS/c1-2-6-17(7-3-1)14-28-19-9-4-8-18(12-19)27(21-10-5-11-29-21)22-20-13-23-16-26(20)25-15-24-22/h1-13,15-16H,14H2. The van der Waals surface area contributed by atoms with Crippen molar-refractivity contribution in [1.29, 1.82) is 0 Å². The van der Waals surface area contributed by atoms with Crippen LogP contribution >= 0.6 is 11.3 Å². The zero-order valence-corrected chi connectivity index (χ0v) is 16.2. The van der Waals surface area contributed by atoms with Crippen LogP contribution in [0.2, 0.25) is 0 Å². The molecule has 7 heteroatoms. The minimum Gasteiger partial charge on any atom is -0.489 e. The fraction of sp³-hybridized carbons (Fsp3) is 0.0455. The van der Waals surface area contributed by atoms with Crippen molar-refractivity contribution in [2.75, 3.05) is 4.90 Å². The molecule has 0 saturated heterocycles. The van der Waals surface area contributed by atoms with E-state index >= 15 is 0 Å². The van der Waals surface area contributed by atoms with Gasteiger partial charge in [0.05, 0.1) is 11.9 Å². The van der Waals surface area contributed by atoms with Gasteiger partial charge >= 0.3 is 0 Å². The van der Waals surface area contributed by atoms with Gasteiger partial charge in [-0.15, -0.1) is 11.3 Å². The van der Waals surface area contributed by atoms with Gasteiger partial charge in [0.1, 0.15) is 35.5 Å². The predicted molar refractivity (Wildman–Crippen MR) is 114 cm³/mol. The molecule has 0 unspecified atom stereocenters. The molecule has 142 valence electrons. The van der Waals surface area contributed by atoms with Gasteiger partial charge < -0.3 is 4.74 Å². The Morgan fingerprint density at radius 3 is 2.79 bits per heavy atom. The fourth-order valence-electron chi connectivity index (χ4n) is 3.12. The van der Waals surface area contributed by atoms with Crippen LogP contribution in [0.25, 0.3) is 5.52 Å². The van der Waals surface area contributed by atoms with Crippen LogP contribution in [0, 0.1) is 0 Å². The number of hydrogen-bond donors (Lipinski definition) is 0. The van der Waals surface area contributed by atoms with Gasteiger partial charge in [-0.2, -0.15) is 5.10 Å². The van der Waals surface area contributed by atoms with Crippen molar-refractivity contribution in [2.24, 2.45) is 0 Å². The van der Waals surface area contributed by atoms with E-state index in [-0.39, 0.29) is 0 Å². The van der Waals surface area contributed by atoms with Gasteiger partial charge in [-0.3, -0.25) is 4.90 Å². The molecular weight excluding hydrogens is 382 g/mol. The second-order valence-corrected chi connectivity index (χ2v) is 7.29. The average Bonchev–Trinajstić information content (AvgIpc) is 3.46. The Balaban J connectivity index is 1.53. The van der Waals surface area contributed by atoms with Crippen molar-refractivity contribution in [3.8, 4) is 5.75 Å². The van der Waals surface area contributed by atoms with Gasteiger partial charge in [0.2, 0.25) is 0 Å². The SMILES string of the molecule is c1ccc(COc2cccc(N(c3cccs3)c3ncnn4cncc34)c2)cc1. The molecule has 0 bridgehead atoms. The normalized spacial score (nSPS) is 10.9. The first-order chi connectivity index (χ1) is 14.4. The summed E-state index contributed by atoms with van der Waals surface area (Å²) in [6.07, 6.45) is 4.98. The average molecular weight is 399 g/mol. The van der Waals surface area contributed by atoms with Gasteiger partial charge in [-0.05, 0) is 35.2 Å². The number of imidazole rings is 1. The van der Waals surface area contributed by atoms with Crippen LogP contribution in [0.5, 0.6) is 5.75 Å². The summed E-state index contributed by atoms with van der Waals surface area (Å²) in [7, 11) is 0. The first-order valence-electron chi connectivity index (χ1n) is 9.12. The molecule has 0 aliphatic carbocycles. The monoisotopic (exact) mass is 399 g/mol. The van der Waals surface area contributed by atoms with Crippen LogP contribution in [-0.4, -0.2) is 19.6 Å². The molecule has 2 aromatic carbocycles. The number of anilines is 3. The van der Waals surface area contributed by atoms with Crippen molar-refractivity contribution in [3.05, 3.63) is 96.5 Å². The molecule has 5 aromatic rings. The highest BCUT2D eigenvalue weighted by Crippen LogP contribution is 2.39. The molecule has 0 atom stereocenters. The van der Waals surface area contributed by atoms with Gasteiger partial charge in [-0.1, -0.05) is 36.4 Å². The predicted octanol–water partition coefficient (Wildman–Crippen LogP) is 5.23.